The van der Waals surface area contributed by atoms with Crippen LogP contribution in [0.4, 0.5) is 0 Å². The summed E-state index contributed by atoms with van der Waals surface area (Å²) >= 11 is 6.31. The maximum absolute atomic E-state index is 12.1. The van der Waals surface area contributed by atoms with Gasteiger partial charge in [-0.3, -0.25) is 4.79 Å². The van der Waals surface area contributed by atoms with E-state index in [4.69, 9.17) is 11.6 Å². The van der Waals surface area contributed by atoms with Crippen LogP contribution < -0.4 is 5.32 Å². The van der Waals surface area contributed by atoms with Crippen molar-refractivity contribution in [2.75, 3.05) is 6.54 Å². The average Bonchev–Trinajstić information content (AvgIpc) is 2.40. The maximum atomic E-state index is 12.1. The first kappa shape index (κ1) is 14.4. The summed E-state index contributed by atoms with van der Waals surface area (Å²) in [4.78, 5) is 12.1. The van der Waals surface area contributed by atoms with Gasteiger partial charge in [-0.1, -0.05) is 18.9 Å². The summed E-state index contributed by atoms with van der Waals surface area (Å²) in [6.45, 7) is 4.78. The van der Waals surface area contributed by atoms with E-state index in [1.54, 1.807) is 0 Å². The van der Waals surface area contributed by atoms with Crippen molar-refractivity contribution < 1.29 is 4.79 Å². The molecule has 0 saturated heterocycles. The third-order valence-corrected chi connectivity index (χ3v) is 4.68. The van der Waals surface area contributed by atoms with Crippen LogP contribution in [0.2, 0.25) is 0 Å². The standard InChI is InChI=1S/C16H22ClNO/c1-11-7-8-13(9-12(11)2)16(19)18-10-14-5-3-4-6-15(14)17/h7-9,14-15H,3-6,10H2,1-2H3,(H,18,19). The van der Waals surface area contributed by atoms with Crippen LogP contribution in [0.5, 0.6) is 0 Å². The Balaban J connectivity index is 1.91. The first-order chi connectivity index (χ1) is 9.08. The molecule has 2 atom stereocenters. The highest BCUT2D eigenvalue weighted by Gasteiger charge is 2.23. The molecule has 1 saturated carbocycles. The van der Waals surface area contributed by atoms with Crippen molar-refractivity contribution >= 4 is 17.5 Å². The van der Waals surface area contributed by atoms with Crippen LogP contribution in [0.3, 0.4) is 0 Å². The molecule has 19 heavy (non-hydrogen) atoms. The van der Waals surface area contributed by atoms with E-state index >= 15 is 0 Å². The van der Waals surface area contributed by atoms with E-state index in [-0.39, 0.29) is 11.3 Å². The first-order valence-electron chi connectivity index (χ1n) is 7.07. The molecule has 0 aliphatic heterocycles. The number of carbonyl (C=O) groups is 1. The normalized spacial score (nSPS) is 23.1. The highest BCUT2D eigenvalue weighted by molar-refractivity contribution is 6.20. The fourth-order valence-corrected chi connectivity index (χ4v) is 2.97. The number of hydrogen-bond acceptors (Lipinski definition) is 1. The molecule has 0 spiro atoms. The Morgan fingerprint density at radius 1 is 1.26 bits per heavy atom. The molecule has 2 nitrogen and oxygen atoms in total. The fraction of sp³-hybridized carbons (Fsp3) is 0.562. The van der Waals surface area contributed by atoms with Gasteiger partial charge < -0.3 is 5.32 Å². The molecule has 1 aromatic rings. The Morgan fingerprint density at radius 3 is 2.68 bits per heavy atom. The number of amides is 1. The van der Waals surface area contributed by atoms with Gasteiger partial charge >= 0.3 is 0 Å². The number of rotatable bonds is 3. The third-order valence-electron chi connectivity index (χ3n) is 4.11. The van der Waals surface area contributed by atoms with Gasteiger partial charge in [0.05, 0.1) is 0 Å². The smallest absolute Gasteiger partial charge is 0.251 e. The number of aryl methyl sites for hydroxylation is 2. The van der Waals surface area contributed by atoms with Gasteiger partial charge in [0.25, 0.3) is 5.91 Å². The molecule has 3 heteroatoms. The molecule has 1 amide bonds. The first-order valence-corrected chi connectivity index (χ1v) is 7.51. The monoisotopic (exact) mass is 279 g/mol. The van der Waals surface area contributed by atoms with Crippen LogP contribution in [0.1, 0.15) is 47.2 Å². The van der Waals surface area contributed by atoms with Gasteiger partial charge in [0.15, 0.2) is 0 Å². The molecule has 1 aliphatic carbocycles. The van der Waals surface area contributed by atoms with Gasteiger partial charge in [0, 0.05) is 17.5 Å². The van der Waals surface area contributed by atoms with Crippen LogP contribution in [0.25, 0.3) is 0 Å². The van der Waals surface area contributed by atoms with Gasteiger partial charge in [-0.2, -0.15) is 0 Å². The summed E-state index contributed by atoms with van der Waals surface area (Å²) in [5.41, 5.74) is 3.11. The number of benzene rings is 1. The lowest BCUT2D eigenvalue weighted by Crippen LogP contribution is -2.34. The van der Waals surface area contributed by atoms with E-state index in [0.29, 0.717) is 12.5 Å². The minimum absolute atomic E-state index is 0.0116. The van der Waals surface area contributed by atoms with Crippen LogP contribution in [-0.2, 0) is 0 Å². The van der Waals surface area contributed by atoms with Gasteiger partial charge in [-0.15, -0.1) is 11.6 Å². The molecular formula is C16H22ClNO. The van der Waals surface area contributed by atoms with Crippen molar-refractivity contribution in [3.05, 3.63) is 34.9 Å². The number of nitrogens with one attached hydrogen (secondary N) is 1. The predicted molar refractivity (Wildman–Crippen MR) is 79.8 cm³/mol. The Labute approximate surface area is 120 Å². The zero-order valence-corrected chi connectivity index (χ0v) is 12.5. The largest absolute Gasteiger partial charge is 0.352 e. The highest BCUT2D eigenvalue weighted by Crippen LogP contribution is 2.28. The van der Waals surface area contributed by atoms with E-state index in [9.17, 15) is 4.79 Å². The van der Waals surface area contributed by atoms with Crippen molar-refractivity contribution in [2.45, 2.75) is 44.9 Å². The molecule has 104 valence electrons. The lowest BCUT2D eigenvalue weighted by molar-refractivity contribution is 0.0944. The topological polar surface area (TPSA) is 29.1 Å². The summed E-state index contributed by atoms with van der Waals surface area (Å²) in [7, 11) is 0. The average molecular weight is 280 g/mol. The molecule has 1 aliphatic rings. The lowest BCUT2D eigenvalue weighted by atomic mass is 9.88. The van der Waals surface area contributed by atoms with Crippen molar-refractivity contribution in [3.63, 3.8) is 0 Å². The maximum Gasteiger partial charge on any atom is 0.251 e. The Kier molecular flexibility index (Phi) is 4.87. The number of alkyl halides is 1. The van der Waals surface area contributed by atoms with Crippen LogP contribution in [0.15, 0.2) is 18.2 Å². The Bertz CT molecular complexity index is 458. The van der Waals surface area contributed by atoms with Crippen molar-refractivity contribution in [1.29, 1.82) is 0 Å². The van der Waals surface area contributed by atoms with Crippen LogP contribution >= 0.6 is 11.6 Å². The fourth-order valence-electron chi connectivity index (χ4n) is 2.60. The van der Waals surface area contributed by atoms with E-state index in [1.165, 1.54) is 18.4 Å². The third kappa shape index (κ3) is 3.73. The molecule has 2 rings (SSSR count). The molecule has 1 aromatic carbocycles. The van der Waals surface area contributed by atoms with Crippen LogP contribution in [-0.4, -0.2) is 17.8 Å². The summed E-state index contributed by atoms with van der Waals surface area (Å²) in [5.74, 6) is 0.434. The van der Waals surface area contributed by atoms with Gasteiger partial charge in [0.2, 0.25) is 0 Å². The SMILES string of the molecule is Cc1ccc(C(=O)NCC2CCCCC2Cl)cc1C. The molecular weight excluding hydrogens is 258 g/mol. The predicted octanol–water partition coefficient (Wildman–Crippen LogP) is 3.83. The summed E-state index contributed by atoms with van der Waals surface area (Å²) in [6, 6.07) is 5.83. The lowest BCUT2D eigenvalue weighted by Gasteiger charge is -2.27. The molecule has 0 radical (unpaired) electrons. The zero-order valence-electron chi connectivity index (χ0n) is 11.7. The van der Waals surface area contributed by atoms with Gasteiger partial charge in [0.1, 0.15) is 0 Å². The van der Waals surface area contributed by atoms with E-state index < -0.39 is 0 Å². The number of halogens is 1. The van der Waals surface area contributed by atoms with Gasteiger partial charge in [-0.05, 0) is 55.9 Å². The van der Waals surface area contributed by atoms with E-state index in [1.807, 2.05) is 25.1 Å². The molecule has 1 fully saturated rings. The van der Waals surface area contributed by atoms with Gasteiger partial charge in [-0.25, -0.2) is 0 Å². The van der Waals surface area contributed by atoms with Crippen molar-refractivity contribution in [3.8, 4) is 0 Å². The van der Waals surface area contributed by atoms with Crippen molar-refractivity contribution in [2.24, 2.45) is 5.92 Å². The second kappa shape index (κ2) is 6.42. The zero-order chi connectivity index (χ0) is 13.8. The highest BCUT2D eigenvalue weighted by atomic mass is 35.5. The van der Waals surface area contributed by atoms with Crippen molar-refractivity contribution in [1.82, 2.24) is 5.32 Å². The summed E-state index contributed by atoms with van der Waals surface area (Å²) in [6.07, 6.45) is 4.65. The number of hydrogen-bond donors (Lipinski definition) is 1. The number of carbonyl (C=O) groups excluding carboxylic acids is 1. The Morgan fingerprint density at radius 2 is 2.00 bits per heavy atom. The molecule has 0 heterocycles. The minimum atomic E-state index is 0.0116. The minimum Gasteiger partial charge on any atom is -0.352 e. The second-order valence-corrected chi connectivity index (χ2v) is 6.13. The Hall–Kier alpha value is -1.02. The van der Waals surface area contributed by atoms with Crippen LogP contribution in [0, 0.1) is 19.8 Å². The second-order valence-electron chi connectivity index (χ2n) is 5.57. The summed E-state index contributed by atoms with van der Waals surface area (Å²) in [5, 5.41) is 3.24. The molecule has 0 bridgehead atoms. The summed E-state index contributed by atoms with van der Waals surface area (Å²) < 4.78 is 0. The quantitative estimate of drug-likeness (QED) is 0.837. The van der Waals surface area contributed by atoms with E-state index in [0.717, 1.165) is 24.0 Å². The van der Waals surface area contributed by atoms with E-state index in [2.05, 4.69) is 12.2 Å². The molecule has 2 unspecified atom stereocenters. The molecule has 0 aromatic heterocycles. The molecule has 1 N–H and O–H groups in total.